The van der Waals surface area contributed by atoms with E-state index < -0.39 is 17.5 Å². The zero-order valence-corrected chi connectivity index (χ0v) is 10.7. The van der Waals surface area contributed by atoms with Gasteiger partial charge < -0.3 is 11.1 Å². The number of nitrogens with one attached hydrogen (secondary N) is 1. The van der Waals surface area contributed by atoms with Gasteiger partial charge in [-0.3, -0.25) is 4.98 Å². The third kappa shape index (κ3) is 2.35. The first-order valence-electron chi connectivity index (χ1n) is 6.11. The number of benzene rings is 2. The molecule has 0 aliphatic carbocycles. The molecule has 21 heavy (non-hydrogen) atoms. The molecular weight excluding hydrogens is 279 g/mol. The number of aromatic nitrogens is 1. The van der Waals surface area contributed by atoms with Crippen LogP contribution in [0.5, 0.6) is 0 Å². The molecule has 3 aromatic rings. The third-order valence-corrected chi connectivity index (χ3v) is 3.07. The molecular formula is C15H10F3N3. The van der Waals surface area contributed by atoms with Crippen LogP contribution in [0.15, 0.2) is 42.6 Å². The Hall–Kier alpha value is -2.76. The van der Waals surface area contributed by atoms with Gasteiger partial charge in [0.05, 0.1) is 11.2 Å². The Morgan fingerprint density at radius 3 is 2.52 bits per heavy atom. The van der Waals surface area contributed by atoms with E-state index in [9.17, 15) is 13.2 Å². The summed E-state index contributed by atoms with van der Waals surface area (Å²) >= 11 is 0. The molecule has 3 rings (SSSR count). The van der Waals surface area contributed by atoms with Crippen LogP contribution in [-0.2, 0) is 0 Å². The molecule has 0 spiro atoms. The summed E-state index contributed by atoms with van der Waals surface area (Å²) < 4.78 is 39.9. The number of pyridine rings is 1. The lowest BCUT2D eigenvalue weighted by atomic mass is 10.1. The highest BCUT2D eigenvalue weighted by Crippen LogP contribution is 2.28. The van der Waals surface area contributed by atoms with Crippen molar-refractivity contribution in [2.24, 2.45) is 0 Å². The second kappa shape index (κ2) is 4.97. The van der Waals surface area contributed by atoms with Crippen molar-refractivity contribution in [2.75, 3.05) is 11.1 Å². The summed E-state index contributed by atoms with van der Waals surface area (Å²) in [7, 11) is 0. The van der Waals surface area contributed by atoms with Crippen molar-refractivity contribution in [3.8, 4) is 0 Å². The zero-order chi connectivity index (χ0) is 15.0. The van der Waals surface area contributed by atoms with Crippen molar-refractivity contribution in [1.29, 1.82) is 0 Å². The van der Waals surface area contributed by atoms with Crippen molar-refractivity contribution in [3.63, 3.8) is 0 Å². The predicted octanol–water partition coefficient (Wildman–Crippen LogP) is 3.98. The van der Waals surface area contributed by atoms with Crippen LogP contribution in [0.4, 0.5) is 30.2 Å². The molecule has 1 aromatic heterocycles. The van der Waals surface area contributed by atoms with Crippen LogP contribution in [-0.4, -0.2) is 4.98 Å². The lowest BCUT2D eigenvalue weighted by molar-refractivity contribution is 0.449. The van der Waals surface area contributed by atoms with Crippen LogP contribution >= 0.6 is 0 Å². The minimum atomic E-state index is -1.51. The Bertz CT molecular complexity index is 834. The van der Waals surface area contributed by atoms with E-state index >= 15 is 0 Å². The van der Waals surface area contributed by atoms with E-state index in [2.05, 4.69) is 10.3 Å². The topological polar surface area (TPSA) is 50.9 Å². The summed E-state index contributed by atoms with van der Waals surface area (Å²) in [4.78, 5) is 4.15. The molecule has 1 heterocycles. The Morgan fingerprint density at radius 1 is 0.905 bits per heavy atom. The SMILES string of the molecule is Nc1ccc2c(Nc3ccc(F)c(F)c3F)ccnc2c1. The first-order chi connectivity index (χ1) is 10.1. The molecule has 6 heteroatoms. The summed E-state index contributed by atoms with van der Waals surface area (Å²) in [6.45, 7) is 0. The Morgan fingerprint density at radius 2 is 1.71 bits per heavy atom. The molecule has 0 saturated heterocycles. The van der Waals surface area contributed by atoms with Gasteiger partial charge >= 0.3 is 0 Å². The molecule has 0 bridgehead atoms. The molecule has 0 atom stereocenters. The lowest BCUT2D eigenvalue weighted by Crippen LogP contribution is -1.99. The first-order valence-corrected chi connectivity index (χ1v) is 6.11. The molecule has 0 aliphatic heterocycles. The highest BCUT2D eigenvalue weighted by Gasteiger charge is 2.14. The van der Waals surface area contributed by atoms with E-state index in [1.807, 2.05) is 0 Å². The highest BCUT2D eigenvalue weighted by atomic mass is 19.2. The van der Waals surface area contributed by atoms with Gasteiger partial charge in [0.25, 0.3) is 0 Å². The van der Waals surface area contributed by atoms with Gasteiger partial charge in [0.15, 0.2) is 17.5 Å². The normalized spacial score (nSPS) is 10.8. The summed E-state index contributed by atoms with van der Waals surface area (Å²) in [6, 6.07) is 8.68. The van der Waals surface area contributed by atoms with E-state index in [-0.39, 0.29) is 5.69 Å². The van der Waals surface area contributed by atoms with E-state index in [0.717, 1.165) is 12.1 Å². The lowest BCUT2D eigenvalue weighted by Gasteiger charge is -2.11. The molecule has 3 N–H and O–H groups in total. The second-order valence-corrected chi connectivity index (χ2v) is 4.48. The van der Waals surface area contributed by atoms with Crippen LogP contribution in [0.1, 0.15) is 0 Å². The fourth-order valence-electron chi connectivity index (χ4n) is 2.04. The molecule has 0 amide bonds. The number of nitrogens with zero attached hydrogens (tertiary/aromatic N) is 1. The maximum atomic E-state index is 13.7. The average molecular weight is 289 g/mol. The van der Waals surface area contributed by atoms with Crippen LogP contribution in [0.25, 0.3) is 10.9 Å². The standard InChI is InChI=1S/C15H10F3N3/c16-10-3-4-12(15(18)14(10)17)21-11-5-6-20-13-7-8(19)1-2-9(11)13/h1-7H,19H2,(H,20,21). The van der Waals surface area contributed by atoms with Crippen molar-refractivity contribution in [3.05, 3.63) is 60.0 Å². The maximum absolute atomic E-state index is 13.7. The van der Waals surface area contributed by atoms with E-state index in [1.165, 1.54) is 6.20 Å². The number of fused-ring (bicyclic) bond motifs is 1. The molecule has 0 saturated carbocycles. The van der Waals surface area contributed by atoms with Gasteiger partial charge in [0.2, 0.25) is 0 Å². The van der Waals surface area contributed by atoms with Crippen LogP contribution < -0.4 is 11.1 Å². The number of hydrogen-bond acceptors (Lipinski definition) is 3. The van der Waals surface area contributed by atoms with E-state index in [1.54, 1.807) is 24.3 Å². The summed E-state index contributed by atoms with van der Waals surface area (Å²) in [6.07, 6.45) is 1.52. The number of halogens is 3. The van der Waals surface area contributed by atoms with Gasteiger partial charge in [-0.2, -0.15) is 0 Å². The smallest absolute Gasteiger partial charge is 0.196 e. The molecule has 0 fully saturated rings. The maximum Gasteiger partial charge on any atom is 0.196 e. The van der Waals surface area contributed by atoms with Gasteiger partial charge in [0.1, 0.15) is 0 Å². The summed E-state index contributed by atoms with van der Waals surface area (Å²) in [5.41, 5.74) is 7.20. The van der Waals surface area contributed by atoms with Crippen molar-refractivity contribution < 1.29 is 13.2 Å². The van der Waals surface area contributed by atoms with Crippen LogP contribution in [0.3, 0.4) is 0 Å². The number of nitrogen functional groups attached to an aromatic ring is 1. The zero-order valence-electron chi connectivity index (χ0n) is 10.7. The Labute approximate surface area is 118 Å². The fourth-order valence-corrected chi connectivity index (χ4v) is 2.04. The Kier molecular flexibility index (Phi) is 3.13. The average Bonchev–Trinajstić information content (AvgIpc) is 2.48. The van der Waals surface area contributed by atoms with Crippen LogP contribution in [0.2, 0.25) is 0 Å². The molecule has 0 aliphatic rings. The summed E-state index contributed by atoms with van der Waals surface area (Å²) in [5.74, 6) is -4.01. The van der Waals surface area contributed by atoms with Gasteiger partial charge in [-0.1, -0.05) is 0 Å². The number of nitrogens with two attached hydrogens (primary N) is 1. The minimum absolute atomic E-state index is 0.154. The van der Waals surface area contributed by atoms with Crippen molar-refractivity contribution in [2.45, 2.75) is 0 Å². The fraction of sp³-hybridized carbons (Fsp3) is 0. The number of anilines is 3. The molecule has 2 aromatic carbocycles. The molecule has 0 radical (unpaired) electrons. The van der Waals surface area contributed by atoms with Crippen molar-refractivity contribution >= 4 is 28.0 Å². The van der Waals surface area contributed by atoms with E-state index in [0.29, 0.717) is 22.3 Å². The van der Waals surface area contributed by atoms with Crippen molar-refractivity contribution in [1.82, 2.24) is 4.98 Å². The molecule has 0 unspecified atom stereocenters. The van der Waals surface area contributed by atoms with Gasteiger partial charge in [-0.25, -0.2) is 13.2 Å². The largest absolute Gasteiger partial charge is 0.399 e. The number of hydrogen-bond donors (Lipinski definition) is 2. The number of rotatable bonds is 2. The third-order valence-electron chi connectivity index (χ3n) is 3.07. The first kappa shape index (κ1) is 13.2. The monoisotopic (exact) mass is 289 g/mol. The Balaban J connectivity index is 2.08. The molecule has 3 nitrogen and oxygen atoms in total. The van der Waals surface area contributed by atoms with Gasteiger partial charge in [-0.15, -0.1) is 0 Å². The predicted molar refractivity (Wildman–Crippen MR) is 75.8 cm³/mol. The highest BCUT2D eigenvalue weighted by molar-refractivity contribution is 5.94. The van der Waals surface area contributed by atoms with Gasteiger partial charge in [-0.05, 0) is 36.4 Å². The van der Waals surface area contributed by atoms with Gasteiger partial charge in [0, 0.05) is 23.0 Å². The molecule has 106 valence electrons. The quantitative estimate of drug-likeness (QED) is 0.554. The van der Waals surface area contributed by atoms with E-state index in [4.69, 9.17) is 5.73 Å². The minimum Gasteiger partial charge on any atom is -0.399 e. The van der Waals surface area contributed by atoms with Crippen LogP contribution in [0, 0.1) is 17.5 Å². The second-order valence-electron chi connectivity index (χ2n) is 4.48. The summed E-state index contributed by atoms with van der Waals surface area (Å²) in [5, 5.41) is 3.43.